The van der Waals surface area contributed by atoms with Gasteiger partial charge in [-0.3, -0.25) is 4.79 Å². The molecule has 4 heteroatoms. The molecule has 0 aromatic heterocycles. The molecule has 1 atom stereocenters. The Morgan fingerprint density at radius 2 is 1.94 bits per heavy atom. The van der Waals surface area contributed by atoms with Gasteiger partial charge in [0.05, 0.1) is 0 Å². The Labute approximate surface area is 116 Å². The van der Waals surface area contributed by atoms with Crippen LogP contribution in [-0.4, -0.2) is 12.5 Å². The van der Waals surface area contributed by atoms with Crippen molar-refractivity contribution in [3.8, 4) is 0 Å². The molecule has 102 valence electrons. The van der Waals surface area contributed by atoms with Crippen molar-refractivity contribution in [1.82, 2.24) is 5.32 Å². The lowest BCUT2D eigenvalue weighted by molar-refractivity contribution is -0.119. The second-order valence-electron chi connectivity index (χ2n) is 4.24. The quantitative estimate of drug-likeness (QED) is 0.833. The molecule has 1 unspecified atom stereocenters. The molecule has 2 N–H and O–H groups in total. The van der Waals surface area contributed by atoms with E-state index in [-0.39, 0.29) is 24.2 Å². The first-order valence-electron chi connectivity index (χ1n) is 6.28. The van der Waals surface area contributed by atoms with Gasteiger partial charge >= 0.3 is 0 Å². The van der Waals surface area contributed by atoms with E-state index in [2.05, 4.69) is 17.6 Å². The van der Waals surface area contributed by atoms with E-state index < -0.39 is 0 Å². The molecule has 18 heavy (non-hydrogen) atoms. The number of nitrogens with one attached hydrogen (secondary N) is 2. The summed E-state index contributed by atoms with van der Waals surface area (Å²) in [6, 6.07) is 7.93. The van der Waals surface area contributed by atoms with Crippen LogP contribution in [0, 0.1) is 5.92 Å². The highest BCUT2D eigenvalue weighted by molar-refractivity contribution is 5.92. The molecule has 0 spiro atoms. The normalized spacial score (nSPS) is 11.5. The number of hydrogen-bond donors (Lipinski definition) is 2. The monoisotopic (exact) mass is 270 g/mol. The zero-order valence-electron chi connectivity index (χ0n) is 11.3. The van der Waals surface area contributed by atoms with Gasteiger partial charge < -0.3 is 10.6 Å². The number of rotatable bonds is 6. The van der Waals surface area contributed by atoms with Gasteiger partial charge in [0.15, 0.2) is 0 Å². The number of anilines is 1. The molecule has 1 aromatic rings. The van der Waals surface area contributed by atoms with Gasteiger partial charge in [0, 0.05) is 18.2 Å². The van der Waals surface area contributed by atoms with E-state index >= 15 is 0 Å². The van der Waals surface area contributed by atoms with Gasteiger partial charge in [0.25, 0.3) is 0 Å². The Bertz CT molecular complexity index is 369. The summed E-state index contributed by atoms with van der Waals surface area (Å²) >= 11 is 0. The van der Waals surface area contributed by atoms with Crippen LogP contribution in [0.2, 0.25) is 0 Å². The number of carbonyl (C=O) groups excluding carboxylic acids is 1. The van der Waals surface area contributed by atoms with Gasteiger partial charge in [-0.15, -0.1) is 12.4 Å². The van der Waals surface area contributed by atoms with Gasteiger partial charge in [-0.2, -0.15) is 0 Å². The Morgan fingerprint density at radius 3 is 2.56 bits per heavy atom. The van der Waals surface area contributed by atoms with E-state index in [0.29, 0.717) is 0 Å². The van der Waals surface area contributed by atoms with Crippen molar-refractivity contribution in [2.45, 2.75) is 33.7 Å². The molecular weight excluding hydrogens is 248 g/mol. The number of halogens is 1. The van der Waals surface area contributed by atoms with Gasteiger partial charge in [0.2, 0.25) is 5.91 Å². The lowest BCUT2D eigenvalue weighted by Gasteiger charge is -2.14. The van der Waals surface area contributed by atoms with Crippen molar-refractivity contribution in [3.63, 3.8) is 0 Å². The molecule has 1 amide bonds. The summed E-state index contributed by atoms with van der Waals surface area (Å²) in [6.07, 6.45) is 0.862. The molecule has 0 saturated carbocycles. The fraction of sp³-hybridized carbons (Fsp3) is 0.500. The van der Waals surface area contributed by atoms with Gasteiger partial charge in [-0.05, 0) is 24.6 Å². The molecule has 1 rings (SSSR count). The van der Waals surface area contributed by atoms with E-state index in [1.165, 1.54) is 0 Å². The van der Waals surface area contributed by atoms with Crippen molar-refractivity contribution in [3.05, 3.63) is 29.8 Å². The zero-order chi connectivity index (χ0) is 12.7. The maximum absolute atomic E-state index is 11.8. The van der Waals surface area contributed by atoms with Crippen LogP contribution in [0.1, 0.15) is 32.8 Å². The molecule has 0 radical (unpaired) electrons. The number of hydrogen-bond acceptors (Lipinski definition) is 2. The number of para-hydroxylation sites is 1. The van der Waals surface area contributed by atoms with Crippen molar-refractivity contribution in [1.29, 1.82) is 0 Å². The number of carbonyl (C=O) groups is 1. The molecule has 0 bridgehead atoms. The average molecular weight is 271 g/mol. The number of benzene rings is 1. The Balaban J connectivity index is 0.00000289. The van der Waals surface area contributed by atoms with E-state index in [0.717, 1.165) is 30.8 Å². The lowest BCUT2D eigenvalue weighted by Crippen LogP contribution is -2.21. The maximum Gasteiger partial charge on any atom is 0.227 e. The third-order valence-corrected chi connectivity index (χ3v) is 2.90. The first-order chi connectivity index (χ1) is 8.19. The molecule has 0 saturated heterocycles. The van der Waals surface area contributed by atoms with Crippen LogP contribution in [0.4, 0.5) is 5.69 Å². The fourth-order valence-corrected chi connectivity index (χ4v) is 1.50. The predicted molar refractivity (Wildman–Crippen MR) is 79.2 cm³/mol. The molecule has 0 aliphatic carbocycles. The SMILES string of the molecule is CCNCc1ccccc1NC(=O)C(C)CC.Cl. The van der Waals surface area contributed by atoms with Crippen LogP contribution in [0.3, 0.4) is 0 Å². The van der Waals surface area contributed by atoms with E-state index in [1.54, 1.807) is 0 Å². The topological polar surface area (TPSA) is 41.1 Å². The second-order valence-corrected chi connectivity index (χ2v) is 4.24. The highest BCUT2D eigenvalue weighted by Crippen LogP contribution is 2.16. The van der Waals surface area contributed by atoms with Crippen LogP contribution in [0.25, 0.3) is 0 Å². The summed E-state index contributed by atoms with van der Waals surface area (Å²) in [5.74, 6) is 0.152. The average Bonchev–Trinajstić information content (AvgIpc) is 2.36. The minimum Gasteiger partial charge on any atom is -0.326 e. The van der Waals surface area contributed by atoms with Crippen LogP contribution >= 0.6 is 12.4 Å². The van der Waals surface area contributed by atoms with Crippen molar-refractivity contribution in [2.24, 2.45) is 5.92 Å². The van der Waals surface area contributed by atoms with E-state index in [1.807, 2.05) is 38.1 Å². The predicted octanol–water partition coefficient (Wildman–Crippen LogP) is 3.20. The maximum atomic E-state index is 11.8. The summed E-state index contributed by atoms with van der Waals surface area (Å²) in [5, 5.41) is 6.26. The summed E-state index contributed by atoms with van der Waals surface area (Å²) in [5.41, 5.74) is 2.05. The first kappa shape index (κ1) is 16.9. The number of amides is 1. The van der Waals surface area contributed by atoms with Gasteiger partial charge in [-0.25, -0.2) is 0 Å². The molecular formula is C14H23ClN2O. The third kappa shape index (κ3) is 5.07. The molecule has 0 heterocycles. The fourth-order valence-electron chi connectivity index (χ4n) is 1.50. The van der Waals surface area contributed by atoms with Gasteiger partial charge in [-0.1, -0.05) is 39.0 Å². The van der Waals surface area contributed by atoms with E-state index in [4.69, 9.17) is 0 Å². The molecule has 0 aliphatic rings. The van der Waals surface area contributed by atoms with Crippen LogP contribution in [-0.2, 0) is 11.3 Å². The zero-order valence-corrected chi connectivity index (χ0v) is 12.1. The summed E-state index contributed by atoms with van der Waals surface area (Å²) in [6.45, 7) is 7.75. The van der Waals surface area contributed by atoms with Crippen molar-refractivity contribution >= 4 is 24.0 Å². The highest BCUT2D eigenvalue weighted by Gasteiger charge is 2.11. The highest BCUT2D eigenvalue weighted by atomic mass is 35.5. The van der Waals surface area contributed by atoms with E-state index in [9.17, 15) is 4.79 Å². The molecule has 1 aromatic carbocycles. The minimum absolute atomic E-state index is 0. The minimum atomic E-state index is 0. The Kier molecular flexibility index (Phi) is 8.42. The smallest absolute Gasteiger partial charge is 0.227 e. The van der Waals surface area contributed by atoms with Crippen molar-refractivity contribution in [2.75, 3.05) is 11.9 Å². The summed E-state index contributed by atoms with van der Waals surface area (Å²) in [7, 11) is 0. The Hall–Kier alpha value is -1.06. The summed E-state index contributed by atoms with van der Waals surface area (Å²) in [4.78, 5) is 11.8. The van der Waals surface area contributed by atoms with Crippen LogP contribution in [0.15, 0.2) is 24.3 Å². The molecule has 3 nitrogen and oxygen atoms in total. The third-order valence-electron chi connectivity index (χ3n) is 2.90. The summed E-state index contributed by atoms with van der Waals surface area (Å²) < 4.78 is 0. The van der Waals surface area contributed by atoms with Crippen LogP contribution < -0.4 is 10.6 Å². The van der Waals surface area contributed by atoms with Gasteiger partial charge in [0.1, 0.15) is 0 Å². The molecule has 0 aliphatic heterocycles. The Morgan fingerprint density at radius 1 is 1.28 bits per heavy atom. The first-order valence-corrected chi connectivity index (χ1v) is 6.28. The standard InChI is InChI=1S/C14H22N2O.ClH/c1-4-11(3)14(17)16-13-9-7-6-8-12(13)10-15-5-2;/h6-9,11,15H,4-5,10H2,1-3H3,(H,16,17);1H. The van der Waals surface area contributed by atoms with Crippen molar-refractivity contribution < 1.29 is 4.79 Å². The van der Waals surface area contributed by atoms with Crippen LogP contribution in [0.5, 0.6) is 0 Å². The molecule has 0 fully saturated rings. The second kappa shape index (κ2) is 8.95. The largest absolute Gasteiger partial charge is 0.326 e. The lowest BCUT2D eigenvalue weighted by atomic mass is 10.1.